The predicted molar refractivity (Wildman–Crippen MR) is 106 cm³/mol. The lowest BCUT2D eigenvalue weighted by atomic mass is 9.94. The molecule has 2 aromatic carbocycles. The van der Waals surface area contributed by atoms with Gasteiger partial charge in [-0.2, -0.15) is 0 Å². The van der Waals surface area contributed by atoms with Gasteiger partial charge in [-0.1, -0.05) is 42.5 Å². The van der Waals surface area contributed by atoms with Crippen molar-refractivity contribution in [2.75, 3.05) is 25.0 Å². The van der Waals surface area contributed by atoms with Gasteiger partial charge in [0.05, 0.1) is 11.0 Å². The Labute approximate surface area is 159 Å². The minimum atomic E-state index is -0.345. The van der Waals surface area contributed by atoms with Crippen molar-refractivity contribution in [1.82, 2.24) is 4.90 Å². The van der Waals surface area contributed by atoms with Crippen LogP contribution in [0, 0.1) is 16.0 Å². The number of nitro benzene ring substituents is 1. The maximum absolute atomic E-state index is 12.9. The molecule has 1 atom stereocenters. The highest BCUT2D eigenvalue weighted by Gasteiger charge is 2.31. The van der Waals surface area contributed by atoms with Crippen LogP contribution in [0.4, 0.5) is 11.4 Å². The fourth-order valence-electron chi connectivity index (χ4n) is 3.69. The number of carbonyl (C=O) groups excluding carboxylic acids is 1. The van der Waals surface area contributed by atoms with Gasteiger partial charge in [-0.05, 0) is 31.4 Å². The standard InChI is InChI=1S/C21H25N3O3/c1-16(17-8-4-3-5-9-17)22(2)21(25)18-12-14-23(15-13-18)19-10-6-7-11-20(19)24(26)27/h3-11,16,18H,12-15H2,1-2H3. The molecule has 1 aliphatic heterocycles. The summed E-state index contributed by atoms with van der Waals surface area (Å²) in [7, 11) is 1.86. The van der Waals surface area contributed by atoms with E-state index in [2.05, 4.69) is 0 Å². The van der Waals surface area contributed by atoms with E-state index < -0.39 is 0 Å². The predicted octanol–water partition coefficient (Wildman–Crippen LogP) is 4.03. The van der Waals surface area contributed by atoms with E-state index >= 15 is 0 Å². The Morgan fingerprint density at radius 1 is 1.11 bits per heavy atom. The molecule has 0 N–H and O–H groups in total. The smallest absolute Gasteiger partial charge is 0.292 e. The fourth-order valence-corrected chi connectivity index (χ4v) is 3.69. The van der Waals surface area contributed by atoms with Crippen LogP contribution in [0.3, 0.4) is 0 Å². The van der Waals surface area contributed by atoms with Crippen LogP contribution in [0.15, 0.2) is 54.6 Å². The summed E-state index contributed by atoms with van der Waals surface area (Å²) in [5.74, 6) is 0.105. The number of hydrogen-bond donors (Lipinski definition) is 0. The first-order chi connectivity index (χ1) is 13.0. The Hall–Kier alpha value is -2.89. The molecule has 1 heterocycles. The van der Waals surface area contributed by atoms with Gasteiger partial charge in [0.1, 0.15) is 5.69 Å². The number of benzene rings is 2. The number of rotatable bonds is 5. The Balaban J connectivity index is 1.64. The third-order valence-electron chi connectivity index (χ3n) is 5.47. The summed E-state index contributed by atoms with van der Waals surface area (Å²) < 4.78 is 0. The number of amides is 1. The molecule has 1 fully saturated rings. The van der Waals surface area contributed by atoms with Crippen molar-refractivity contribution < 1.29 is 9.72 Å². The van der Waals surface area contributed by atoms with Crippen molar-refractivity contribution in [2.45, 2.75) is 25.8 Å². The largest absolute Gasteiger partial charge is 0.366 e. The normalized spacial score (nSPS) is 16.0. The molecular formula is C21H25N3O3. The topological polar surface area (TPSA) is 66.7 Å². The third kappa shape index (κ3) is 4.10. The maximum Gasteiger partial charge on any atom is 0.292 e. The van der Waals surface area contributed by atoms with Crippen molar-refractivity contribution in [2.24, 2.45) is 5.92 Å². The highest BCUT2D eigenvalue weighted by Crippen LogP contribution is 2.32. The number of para-hydroxylation sites is 2. The average molecular weight is 367 g/mol. The lowest BCUT2D eigenvalue weighted by molar-refractivity contribution is -0.384. The van der Waals surface area contributed by atoms with E-state index in [9.17, 15) is 14.9 Å². The molecule has 1 unspecified atom stereocenters. The van der Waals surface area contributed by atoms with Gasteiger partial charge in [0.2, 0.25) is 5.91 Å². The molecule has 0 aromatic heterocycles. The van der Waals surface area contributed by atoms with E-state index in [1.54, 1.807) is 12.1 Å². The molecule has 0 spiro atoms. The molecule has 1 amide bonds. The van der Waals surface area contributed by atoms with Gasteiger partial charge in [-0.15, -0.1) is 0 Å². The van der Waals surface area contributed by atoms with Crippen molar-refractivity contribution in [1.29, 1.82) is 0 Å². The van der Waals surface area contributed by atoms with Gasteiger partial charge in [0.25, 0.3) is 5.69 Å². The molecule has 3 rings (SSSR count). The Morgan fingerprint density at radius 2 is 1.70 bits per heavy atom. The van der Waals surface area contributed by atoms with E-state index in [0.717, 1.165) is 5.56 Å². The molecule has 6 nitrogen and oxygen atoms in total. The van der Waals surface area contributed by atoms with Crippen LogP contribution in [-0.2, 0) is 4.79 Å². The van der Waals surface area contributed by atoms with Gasteiger partial charge in [0, 0.05) is 32.1 Å². The number of hydrogen-bond acceptors (Lipinski definition) is 4. The van der Waals surface area contributed by atoms with Crippen LogP contribution in [-0.4, -0.2) is 35.9 Å². The molecule has 6 heteroatoms. The van der Waals surface area contributed by atoms with Crippen LogP contribution < -0.4 is 4.90 Å². The number of carbonyl (C=O) groups is 1. The second kappa shape index (κ2) is 8.20. The van der Waals surface area contributed by atoms with Crippen molar-refractivity contribution in [3.05, 3.63) is 70.3 Å². The summed E-state index contributed by atoms with van der Waals surface area (Å²) in [5.41, 5.74) is 1.88. The zero-order valence-corrected chi connectivity index (χ0v) is 15.7. The molecular weight excluding hydrogens is 342 g/mol. The second-order valence-corrected chi connectivity index (χ2v) is 7.04. The number of nitrogens with zero attached hydrogens (tertiary/aromatic N) is 3. The minimum absolute atomic E-state index is 0.0203. The summed E-state index contributed by atoms with van der Waals surface area (Å²) in [6.07, 6.45) is 1.41. The van der Waals surface area contributed by atoms with Crippen LogP contribution >= 0.6 is 0 Å². The van der Waals surface area contributed by atoms with Gasteiger partial charge < -0.3 is 9.80 Å². The van der Waals surface area contributed by atoms with E-state index in [1.807, 2.05) is 60.2 Å². The first kappa shape index (κ1) is 18.9. The van der Waals surface area contributed by atoms with E-state index in [-0.39, 0.29) is 28.5 Å². The van der Waals surface area contributed by atoms with Crippen molar-refractivity contribution in [3.63, 3.8) is 0 Å². The van der Waals surface area contributed by atoms with Crippen LogP contribution in [0.25, 0.3) is 0 Å². The highest BCUT2D eigenvalue weighted by molar-refractivity contribution is 5.79. The van der Waals surface area contributed by atoms with Gasteiger partial charge in [-0.25, -0.2) is 0 Å². The fraction of sp³-hybridized carbons (Fsp3) is 0.381. The molecule has 2 aromatic rings. The zero-order chi connectivity index (χ0) is 19.4. The second-order valence-electron chi connectivity index (χ2n) is 7.04. The number of nitro groups is 1. The van der Waals surface area contributed by atoms with Gasteiger partial charge in [0.15, 0.2) is 0 Å². The summed E-state index contributed by atoms with van der Waals surface area (Å²) in [6.45, 7) is 3.33. The summed E-state index contributed by atoms with van der Waals surface area (Å²) in [6, 6.07) is 16.8. The SMILES string of the molecule is CC(c1ccccc1)N(C)C(=O)C1CCN(c2ccccc2[N+](=O)[O-])CC1. The summed E-state index contributed by atoms with van der Waals surface area (Å²) in [4.78, 5) is 27.7. The summed E-state index contributed by atoms with van der Waals surface area (Å²) in [5, 5.41) is 11.3. The zero-order valence-electron chi connectivity index (χ0n) is 15.7. The first-order valence-electron chi connectivity index (χ1n) is 9.29. The van der Waals surface area contributed by atoms with E-state index in [4.69, 9.17) is 0 Å². The van der Waals surface area contributed by atoms with E-state index in [1.165, 1.54) is 6.07 Å². The van der Waals surface area contributed by atoms with E-state index in [0.29, 0.717) is 31.6 Å². The summed E-state index contributed by atoms with van der Waals surface area (Å²) >= 11 is 0. The average Bonchev–Trinajstić information content (AvgIpc) is 2.73. The van der Waals surface area contributed by atoms with Gasteiger partial charge >= 0.3 is 0 Å². The van der Waals surface area contributed by atoms with Crippen molar-refractivity contribution >= 4 is 17.3 Å². The third-order valence-corrected chi connectivity index (χ3v) is 5.47. The molecule has 0 saturated carbocycles. The van der Waals surface area contributed by atoms with Crippen LogP contribution in [0.1, 0.15) is 31.4 Å². The molecule has 27 heavy (non-hydrogen) atoms. The lowest BCUT2D eigenvalue weighted by Crippen LogP contribution is -2.42. The quantitative estimate of drug-likeness (QED) is 0.591. The van der Waals surface area contributed by atoms with Crippen LogP contribution in [0.2, 0.25) is 0 Å². The molecule has 0 bridgehead atoms. The number of piperidine rings is 1. The Morgan fingerprint density at radius 3 is 2.33 bits per heavy atom. The monoisotopic (exact) mass is 367 g/mol. The Kier molecular flexibility index (Phi) is 5.74. The molecule has 1 saturated heterocycles. The molecule has 142 valence electrons. The lowest BCUT2D eigenvalue weighted by Gasteiger charge is -2.35. The molecule has 0 radical (unpaired) electrons. The Bertz CT molecular complexity index is 801. The highest BCUT2D eigenvalue weighted by atomic mass is 16.6. The minimum Gasteiger partial charge on any atom is -0.366 e. The van der Waals surface area contributed by atoms with Gasteiger partial charge in [-0.3, -0.25) is 14.9 Å². The first-order valence-corrected chi connectivity index (χ1v) is 9.29. The maximum atomic E-state index is 12.9. The molecule has 1 aliphatic rings. The molecule has 0 aliphatic carbocycles. The van der Waals surface area contributed by atoms with Crippen LogP contribution in [0.5, 0.6) is 0 Å². The number of anilines is 1. The van der Waals surface area contributed by atoms with Crippen molar-refractivity contribution in [3.8, 4) is 0 Å².